The van der Waals surface area contributed by atoms with Crippen LogP contribution in [0.2, 0.25) is 0 Å². The molecule has 1 heterocycles. The van der Waals surface area contributed by atoms with E-state index >= 15 is 0 Å². The average molecular weight is 413 g/mol. The molecule has 1 aliphatic rings. The molecule has 1 unspecified atom stereocenters. The molecule has 0 fully saturated rings. The Kier molecular flexibility index (Phi) is 4.57. The van der Waals surface area contributed by atoms with Crippen LogP contribution in [0.25, 0.3) is 0 Å². The van der Waals surface area contributed by atoms with E-state index in [4.69, 9.17) is 4.74 Å². The van der Waals surface area contributed by atoms with Crippen LogP contribution in [0.4, 0.5) is 5.69 Å². The Labute approximate surface area is 147 Å². The summed E-state index contributed by atoms with van der Waals surface area (Å²) < 4.78 is 33.5. The number of sulfonamides is 1. The molecule has 3 rings (SSSR count). The monoisotopic (exact) mass is 412 g/mol. The van der Waals surface area contributed by atoms with Gasteiger partial charge < -0.3 is 4.74 Å². The number of benzene rings is 2. The molecule has 24 heavy (non-hydrogen) atoms. The number of nitro groups is 1. The van der Waals surface area contributed by atoms with Gasteiger partial charge in [0, 0.05) is 16.6 Å². The lowest BCUT2D eigenvalue weighted by atomic mass is 10.0. The van der Waals surface area contributed by atoms with Gasteiger partial charge >= 0.3 is 0 Å². The number of para-hydroxylation sites is 1. The van der Waals surface area contributed by atoms with Crippen molar-refractivity contribution in [3.05, 3.63) is 62.6 Å². The second-order valence-electron chi connectivity index (χ2n) is 5.34. The number of nitrogens with one attached hydrogen (secondary N) is 1. The summed E-state index contributed by atoms with van der Waals surface area (Å²) in [4.78, 5) is 10.1. The van der Waals surface area contributed by atoms with E-state index in [2.05, 4.69) is 20.7 Å². The second kappa shape index (κ2) is 6.50. The molecule has 0 bridgehead atoms. The van der Waals surface area contributed by atoms with Crippen LogP contribution in [0.15, 0.2) is 51.8 Å². The van der Waals surface area contributed by atoms with Crippen molar-refractivity contribution < 1.29 is 18.1 Å². The summed E-state index contributed by atoms with van der Waals surface area (Å²) in [6, 6.07) is 10.6. The lowest BCUT2D eigenvalue weighted by molar-refractivity contribution is -0.385. The molecule has 1 atom stereocenters. The first-order chi connectivity index (χ1) is 11.3. The smallest absolute Gasteiger partial charge is 0.271 e. The van der Waals surface area contributed by atoms with E-state index in [0.717, 1.165) is 17.4 Å². The number of halogens is 1. The molecule has 0 saturated carbocycles. The molecule has 0 amide bonds. The lowest BCUT2D eigenvalue weighted by Gasteiger charge is -2.25. The van der Waals surface area contributed by atoms with Crippen molar-refractivity contribution in [2.75, 3.05) is 6.61 Å². The normalized spacial score (nSPS) is 17.0. The van der Waals surface area contributed by atoms with Crippen LogP contribution in [-0.2, 0) is 16.4 Å². The van der Waals surface area contributed by atoms with E-state index in [1.165, 1.54) is 12.1 Å². The first-order valence-electron chi connectivity index (χ1n) is 7.03. The Hall–Kier alpha value is -1.97. The summed E-state index contributed by atoms with van der Waals surface area (Å²) in [6.07, 6.45) is 0.492. The van der Waals surface area contributed by atoms with E-state index in [1.807, 2.05) is 24.3 Å². The Morgan fingerprint density at radius 1 is 1.25 bits per heavy atom. The fourth-order valence-electron chi connectivity index (χ4n) is 2.50. The first kappa shape index (κ1) is 16.9. The first-order valence-corrected chi connectivity index (χ1v) is 9.31. The van der Waals surface area contributed by atoms with Gasteiger partial charge in [-0.2, -0.15) is 0 Å². The van der Waals surface area contributed by atoms with E-state index in [-0.39, 0.29) is 17.2 Å². The number of nitro benzene ring substituents is 1. The molecular formula is C15H13BrN2O5S. The minimum atomic E-state index is -3.91. The third-order valence-corrected chi connectivity index (χ3v) is 5.54. The molecule has 0 aliphatic carbocycles. The largest absolute Gasteiger partial charge is 0.492 e. The number of rotatable bonds is 4. The van der Waals surface area contributed by atoms with Crippen molar-refractivity contribution in [3.8, 4) is 5.75 Å². The van der Waals surface area contributed by atoms with Crippen molar-refractivity contribution in [3.63, 3.8) is 0 Å². The van der Waals surface area contributed by atoms with Crippen LogP contribution in [0.3, 0.4) is 0 Å². The SMILES string of the molecule is O=[N+]([O-])c1cc(Br)cc(S(=O)(=O)NC2COc3ccccc3C2)c1. The minimum absolute atomic E-state index is 0.164. The zero-order chi connectivity index (χ0) is 17.3. The molecule has 1 N–H and O–H groups in total. The molecule has 7 nitrogen and oxygen atoms in total. The number of hydrogen-bond donors (Lipinski definition) is 1. The summed E-state index contributed by atoms with van der Waals surface area (Å²) in [6.45, 7) is 0.201. The molecule has 0 radical (unpaired) electrons. The number of non-ortho nitro benzene ring substituents is 1. The molecule has 9 heteroatoms. The lowest BCUT2D eigenvalue weighted by Crippen LogP contribution is -2.42. The van der Waals surface area contributed by atoms with Crippen molar-refractivity contribution >= 4 is 31.6 Å². The molecule has 0 spiro atoms. The summed E-state index contributed by atoms with van der Waals surface area (Å²) >= 11 is 3.10. The van der Waals surface area contributed by atoms with Gasteiger partial charge in [0.05, 0.1) is 15.9 Å². The summed E-state index contributed by atoms with van der Waals surface area (Å²) in [5.74, 6) is 0.742. The number of fused-ring (bicyclic) bond motifs is 1. The number of ether oxygens (including phenoxy) is 1. The van der Waals surface area contributed by atoms with Crippen LogP contribution in [0.5, 0.6) is 5.75 Å². The fourth-order valence-corrected chi connectivity index (χ4v) is 4.42. The van der Waals surface area contributed by atoms with E-state index < -0.39 is 21.0 Å². The molecular weight excluding hydrogens is 400 g/mol. The maximum atomic E-state index is 12.5. The Bertz CT molecular complexity index is 900. The van der Waals surface area contributed by atoms with Gasteiger partial charge in [-0.3, -0.25) is 10.1 Å². The van der Waals surface area contributed by atoms with Crippen molar-refractivity contribution in [1.82, 2.24) is 4.72 Å². The molecule has 1 aliphatic heterocycles. The third kappa shape index (κ3) is 3.58. The van der Waals surface area contributed by atoms with Crippen molar-refractivity contribution in [2.45, 2.75) is 17.4 Å². The highest BCUT2D eigenvalue weighted by molar-refractivity contribution is 9.10. The standard InChI is InChI=1S/C15H13BrN2O5S/c16-11-6-13(18(19)20)8-14(7-11)24(21,22)17-12-5-10-3-1-2-4-15(10)23-9-12/h1-4,6-8,12,17H,5,9H2. The molecule has 0 aromatic heterocycles. The van der Waals surface area contributed by atoms with Gasteiger partial charge in [-0.15, -0.1) is 0 Å². The summed E-state index contributed by atoms with van der Waals surface area (Å²) in [5, 5.41) is 10.9. The molecule has 126 valence electrons. The predicted molar refractivity (Wildman–Crippen MR) is 90.5 cm³/mol. The Balaban J connectivity index is 1.84. The fraction of sp³-hybridized carbons (Fsp3) is 0.200. The average Bonchev–Trinajstić information content (AvgIpc) is 2.53. The van der Waals surface area contributed by atoms with Gasteiger partial charge in [-0.05, 0) is 24.1 Å². The van der Waals surface area contributed by atoms with E-state index in [1.54, 1.807) is 0 Å². The molecule has 0 saturated heterocycles. The van der Waals surface area contributed by atoms with Crippen LogP contribution in [0.1, 0.15) is 5.56 Å². The van der Waals surface area contributed by atoms with Gasteiger partial charge in [0.15, 0.2) is 0 Å². The van der Waals surface area contributed by atoms with Gasteiger partial charge in [0.1, 0.15) is 12.4 Å². The molecule has 2 aromatic rings. The van der Waals surface area contributed by atoms with E-state index in [9.17, 15) is 18.5 Å². The quantitative estimate of drug-likeness (QED) is 0.614. The van der Waals surface area contributed by atoms with Crippen LogP contribution in [0, 0.1) is 10.1 Å². The number of hydrogen-bond acceptors (Lipinski definition) is 5. The van der Waals surface area contributed by atoms with Gasteiger partial charge in [0.25, 0.3) is 5.69 Å². The summed E-state index contributed by atoms with van der Waals surface area (Å²) in [5.41, 5.74) is 0.617. The highest BCUT2D eigenvalue weighted by Gasteiger charge is 2.26. The highest BCUT2D eigenvalue weighted by Crippen LogP contribution is 2.27. The van der Waals surface area contributed by atoms with Gasteiger partial charge in [-0.1, -0.05) is 34.1 Å². The predicted octanol–water partition coefficient (Wildman–Crippen LogP) is 2.64. The van der Waals surface area contributed by atoms with Gasteiger partial charge in [0.2, 0.25) is 10.0 Å². The minimum Gasteiger partial charge on any atom is -0.492 e. The van der Waals surface area contributed by atoms with Crippen molar-refractivity contribution in [1.29, 1.82) is 0 Å². The highest BCUT2D eigenvalue weighted by atomic mass is 79.9. The summed E-state index contributed by atoms with van der Waals surface area (Å²) in [7, 11) is -3.91. The zero-order valence-electron chi connectivity index (χ0n) is 12.3. The zero-order valence-corrected chi connectivity index (χ0v) is 14.7. The second-order valence-corrected chi connectivity index (χ2v) is 7.97. The Morgan fingerprint density at radius 2 is 2.00 bits per heavy atom. The van der Waals surface area contributed by atoms with E-state index in [0.29, 0.717) is 10.9 Å². The third-order valence-electron chi connectivity index (χ3n) is 3.58. The number of nitrogens with zero attached hydrogens (tertiary/aromatic N) is 1. The molecule has 2 aromatic carbocycles. The van der Waals surface area contributed by atoms with Crippen LogP contribution in [-0.4, -0.2) is 26.0 Å². The Morgan fingerprint density at radius 3 is 2.75 bits per heavy atom. The topological polar surface area (TPSA) is 98.5 Å². The maximum absolute atomic E-state index is 12.5. The van der Waals surface area contributed by atoms with Crippen molar-refractivity contribution in [2.24, 2.45) is 0 Å². The maximum Gasteiger partial charge on any atom is 0.271 e. The van der Waals surface area contributed by atoms with Crippen LogP contribution < -0.4 is 9.46 Å². The van der Waals surface area contributed by atoms with Crippen LogP contribution >= 0.6 is 15.9 Å². The van der Waals surface area contributed by atoms with Gasteiger partial charge in [-0.25, -0.2) is 13.1 Å².